The summed E-state index contributed by atoms with van der Waals surface area (Å²) in [6.07, 6.45) is 3.92. The molecule has 1 aromatic carbocycles. The van der Waals surface area contributed by atoms with Crippen LogP contribution in [0.5, 0.6) is 0 Å². The molecular formula is C18H19BrN4O. The topological polar surface area (TPSA) is 63.2 Å². The van der Waals surface area contributed by atoms with E-state index in [0.29, 0.717) is 5.96 Å². The average molecular weight is 387 g/mol. The minimum atomic E-state index is -0.723. The maximum absolute atomic E-state index is 6.36. The van der Waals surface area contributed by atoms with Crippen LogP contribution in [0.1, 0.15) is 37.3 Å². The van der Waals surface area contributed by atoms with Gasteiger partial charge in [0.2, 0.25) is 11.7 Å². The summed E-state index contributed by atoms with van der Waals surface area (Å²) in [5.74, 6) is 0.445. The van der Waals surface area contributed by atoms with Gasteiger partial charge in [0.05, 0.1) is 0 Å². The third-order valence-corrected chi connectivity index (χ3v) is 6.48. The maximum atomic E-state index is 6.36. The highest BCUT2D eigenvalue weighted by Gasteiger charge is 2.64. The largest absolute Gasteiger partial charge is 0.368 e. The van der Waals surface area contributed by atoms with Crippen LogP contribution in [0.2, 0.25) is 0 Å². The molecule has 1 fully saturated rings. The second kappa shape index (κ2) is 4.49. The quantitative estimate of drug-likeness (QED) is 0.744. The number of halogens is 1. The summed E-state index contributed by atoms with van der Waals surface area (Å²) in [6.45, 7) is 2.10. The van der Waals surface area contributed by atoms with Crippen molar-refractivity contribution in [2.45, 2.75) is 38.3 Å². The van der Waals surface area contributed by atoms with Gasteiger partial charge in [-0.15, -0.1) is 0 Å². The Morgan fingerprint density at radius 3 is 2.88 bits per heavy atom. The normalized spacial score (nSPS) is 33.5. The summed E-state index contributed by atoms with van der Waals surface area (Å²) >= 11 is 3.60. The van der Waals surface area contributed by atoms with Gasteiger partial charge in [-0.25, -0.2) is 14.9 Å². The Balaban J connectivity index is 1.70. The van der Waals surface area contributed by atoms with Crippen LogP contribution in [0.25, 0.3) is 0 Å². The molecule has 0 aromatic heterocycles. The number of aliphatic imine (C=N–C) groups is 2. The highest BCUT2D eigenvalue weighted by atomic mass is 79.9. The molecule has 2 spiro atoms. The van der Waals surface area contributed by atoms with Gasteiger partial charge in [-0.3, -0.25) is 4.99 Å². The SMILES string of the molecule is CC1=C2CC3(CCC2=N1)Cc1ccc(Br)cc1C31N=C(N)N(C)O1. The van der Waals surface area contributed by atoms with E-state index in [1.165, 1.54) is 22.5 Å². The average Bonchev–Trinajstić information content (AvgIpc) is 2.98. The lowest BCUT2D eigenvalue weighted by Crippen LogP contribution is -2.47. The minimum Gasteiger partial charge on any atom is -0.368 e. The number of nitrogens with zero attached hydrogens (tertiary/aromatic N) is 3. The zero-order valence-electron chi connectivity index (χ0n) is 13.8. The molecule has 5 nitrogen and oxygen atoms in total. The molecule has 0 bridgehead atoms. The Morgan fingerprint density at radius 1 is 1.33 bits per heavy atom. The molecule has 1 aromatic rings. The first-order valence-corrected chi connectivity index (χ1v) is 9.08. The smallest absolute Gasteiger partial charge is 0.221 e. The molecule has 6 heteroatoms. The molecule has 2 aliphatic heterocycles. The number of allylic oxidation sites excluding steroid dienone is 2. The first-order valence-electron chi connectivity index (χ1n) is 8.29. The minimum absolute atomic E-state index is 0.0957. The van der Waals surface area contributed by atoms with Crippen LogP contribution in [0, 0.1) is 5.41 Å². The van der Waals surface area contributed by atoms with Crippen LogP contribution in [0.3, 0.4) is 0 Å². The van der Waals surface area contributed by atoms with Crippen molar-refractivity contribution in [1.29, 1.82) is 0 Å². The number of hydroxylamine groups is 2. The van der Waals surface area contributed by atoms with Gasteiger partial charge < -0.3 is 5.73 Å². The molecule has 2 heterocycles. The zero-order chi connectivity index (χ0) is 16.7. The Bertz CT molecular complexity index is 874. The molecule has 0 radical (unpaired) electrons. The van der Waals surface area contributed by atoms with Gasteiger partial charge in [0.25, 0.3) is 0 Å². The highest BCUT2D eigenvalue weighted by Crippen LogP contribution is 2.63. The molecule has 0 amide bonds. The standard InChI is InChI=1S/C18H19BrN4O/c1-10-13-9-17(6-5-15(13)21-10)8-11-3-4-12(19)7-14(11)18(17)22-16(20)23(2)24-18/h3-4,7H,5-6,8-9H2,1-2H3,(H2,20,22). The van der Waals surface area contributed by atoms with Crippen molar-refractivity contribution in [1.82, 2.24) is 5.06 Å². The van der Waals surface area contributed by atoms with Crippen molar-refractivity contribution >= 4 is 27.6 Å². The van der Waals surface area contributed by atoms with Gasteiger partial charge in [0.15, 0.2) is 0 Å². The number of benzene rings is 1. The number of hydrogen-bond acceptors (Lipinski definition) is 5. The highest BCUT2D eigenvalue weighted by molar-refractivity contribution is 9.10. The lowest BCUT2D eigenvalue weighted by molar-refractivity contribution is -0.223. The molecule has 24 heavy (non-hydrogen) atoms. The Labute approximate surface area is 149 Å². The fourth-order valence-electron chi connectivity index (χ4n) is 4.76. The van der Waals surface area contributed by atoms with E-state index >= 15 is 0 Å². The van der Waals surface area contributed by atoms with E-state index in [2.05, 4.69) is 46.0 Å². The Hall–Kier alpha value is -1.66. The van der Waals surface area contributed by atoms with Crippen molar-refractivity contribution in [3.8, 4) is 0 Å². The fraction of sp³-hybridized carbons (Fsp3) is 0.444. The Morgan fingerprint density at radius 2 is 2.17 bits per heavy atom. The number of rotatable bonds is 0. The first-order chi connectivity index (χ1) is 11.4. The third kappa shape index (κ3) is 1.63. The van der Waals surface area contributed by atoms with Crippen molar-refractivity contribution in [2.75, 3.05) is 7.05 Å². The van der Waals surface area contributed by atoms with Crippen molar-refractivity contribution < 1.29 is 4.84 Å². The van der Waals surface area contributed by atoms with Crippen LogP contribution < -0.4 is 5.73 Å². The second-order valence-corrected chi connectivity index (χ2v) is 8.18. The van der Waals surface area contributed by atoms with E-state index in [-0.39, 0.29) is 5.41 Å². The van der Waals surface area contributed by atoms with Crippen LogP contribution in [-0.4, -0.2) is 23.8 Å². The number of fused-ring (bicyclic) bond motifs is 4. The lowest BCUT2D eigenvalue weighted by atomic mass is 9.64. The predicted molar refractivity (Wildman–Crippen MR) is 96.4 cm³/mol. The molecule has 124 valence electrons. The summed E-state index contributed by atoms with van der Waals surface area (Å²) in [5, 5.41) is 1.61. The van der Waals surface area contributed by atoms with Crippen molar-refractivity contribution in [3.05, 3.63) is 45.1 Å². The number of guanidine groups is 1. The summed E-state index contributed by atoms with van der Waals surface area (Å²) in [6, 6.07) is 6.43. The van der Waals surface area contributed by atoms with Gasteiger partial charge in [-0.1, -0.05) is 22.0 Å². The number of hydrogen-bond donors (Lipinski definition) is 1. The summed E-state index contributed by atoms with van der Waals surface area (Å²) in [5.41, 5.74) is 11.6. The molecule has 2 aliphatic carbocycles. The molecule has 0 saturated heterocycles. The van der Waals surface area contributed by atoms with E-state index in [1.807, 2.05) is 7.05 Å². The molecule has 1 saturated carbocycles. The van der Waals surface area contributed by atoms with Gasteiger partial charge in [0.1, 0.15) is 0 Å². The first kappa shape index (κ1) is 14.7. The lowest BCUT2D eigenvalue weighted by Gasteiger charge is -2.46. The van der Waals surface area contributed by atoms with Crippen LogP contribution in [-0.2, 0) is 17.0 Å². The van der Waals surface area contributed by atoms with Gasteiger partial charge >= 0.3 is 0 Å². The zero-order valence-corrected chi connectivity index (χ0v) is 15.4. The number of nitrogens with two attached hydrogens (primary N) is 1. The summed E-state index contributed by atoms with van der Waals surface area (Å²) in [4.78, 5) is 15.8. The van der Waals surface area contributed by atoms with Crippen LogP contribution >= 0.6 is 15.9 Å². The maximum Gasteiger partial charge on any atom is 0.221 e. The summed E-state index contributed by atoms with van der Waals surface area (Å²) in [7, 11) is 1.83. The molecular weight excluding hydrogens is 368 g/mol. The van der Waals surface area contributed by atoms with E-state index in [9.17, 15) is 0 Å². The molecule has 2 N–H and O–H groups in total. The molecule has 5 rings (SSSR count). The van der Waals surface area contributed by atoms with E-state index in [4.69, 9.17) is 15.6 Å². The van der Waals surface area contributed by atoms with Crippen LogP contribution in [0.15, 0.2) is 43.9 Å². The van der Waals surface area contributed by atoms with Crippen molar-refractivity contribution in [2.24, 2.45) is 21.1 Å². The monoisotopic (exact) mass is 386 g/mol. The van der Waals surface area contributed by atoms with Crippen LogP contribution in [0.4, 0.5) is 0 Å². The van der Waals surface area contributed by atoms with Gasteiger partial charge in [-0.2, -0.15) is 0 Å². The fourth-order valence-corrected chi connectivity index (χ4v) is 5.13. The second-order valence-electron chi connectivity index (χ2n) is 7.26. The third-order valence-electron chi connectivity index (χ3n) is 5.99. The molecule has 4 aliphatic rings. The van der Waals surface area contributed by atoms with E-state index in [1.54, 1.807) is 5.06 Å². The summed E-state index contributed by atoms with van der Waals surface area (Å²) < 4.78 is 1.04. The molecule has 2 unspecified atom stereocenters. The van der Waals surface area contributed by atoms with E-state index in [0.717, 1.165) is 35.7 Å². The Kier molecular flexibility index (Phi) is 2.74. The predicted octanol–water partition coefficient (Wildman–Crippen LogP) is 3.25. The van der Waals surface area contributed by atoms with Gasteiger partial charge in [-0.05, 0) is 55.9 Å². The molecule has 2 atom stereocenters. The van der Waals surface area contributed by atoms with E-state index < -0.39 is 5.72 Å². The van der Waals surface area contributed by atoms with Crippen molar-refractivity contribution in [3.63, 3.8) is 0 Å². The van der Waals surface area contributed by atoms with Gasteiger partial charge in [0, 0.05) is 33.9 Å².